The first-order valence-corrected chi connectivity index (χ1v) is 8.78. The zero-order valence-corrected chi connectivity index (χ0v) is 14.2. The Morgan fingerprint density at radius 2 is 2.26 bits per heavy atom. The van der Waals surface area contributed by atoms with Crippen molar-refractivity contribution in [2.75, 3.05) is 13.2 Å². The fourth-order valence-corrected chi connectivity index (χ4v) is 4.20. The van der Waals surface area contributed by atoms with Gasteiger partial charge in [0.05, 0.1) is 11.8 Å². The summed E-state index contributed by atoms with van der Waals surface area (Å²) >= 11 is 0. The predicted molar refractivity (Wildman–Crippen MR) is 88.2 cm³/mol. The van der Waals surface area contributed by atoms with Crippen molar-refractivity contribution in [3.63, 3.8) is 0 Å². The minimum absolute atomic E-state index is 0.0628. The predicted octanol–water partition coefficient (Wildman–Crippen LogP) is 2.00. The summed E-state index contributed by atoms with van der Waals surface area (Å²) in [6.45, 7) is 3.42. The standard InChI is InChI=1S/C17H28N4O2/c1-3-23-15-12-14(17(15)8-4-5-9-17)19-16(22)18-10-6-13-7-11-21(2)20-13/h7,11,14-15H,3-6,8-10,12H2,1-2H3,(H2,18,19,22)/t14-,15+/m1/s1. The van der Waals surface area contributed by atoms with Gasteiger partial charge in [-0.1, -0.05) is 12.8 Å². The van der Waals surface area contributed by atoms with Gasteiger partial charge in [-0.2, -0.15) is 5.10 Å². The summed E-state index contributed by atoms with van der Waals surface area (Å²) in [6.07, 6.45) is 8.81. The third-order valence-electron chi connectivity index (χ3n) is 5.43. The molecule has 0 aliphatic heterocycles. The fraction of sp³-hybridized carbons (Fsp3) is 0.765. The summed E-state index contributed by atoms with van der Waals surface area (Å²) < 4.78 is 7.67. The Kier molecular flexibility index (Phi) is 4.90. The van der Waals surface area contributed by atoms with Crippen LogP contribution in [0.1, 0.15) is 44.7 Å². The molecule has 23 heavy (non-hydrogen) atoms. The van der Waals surface area contributed by atoms with Gasteiger partial charge in [0.2, 0.25) is 0 Å². The highest BCUT2D eigenvalue weighted by atomic mass is 16.5. The maximum atomic E-state index is 12.2. The van der Waals surface area contributed by atoms with Crippen molar-refractivity contribution < 1.29 is 9.53 Å². The largest absolute Gasteiger partial charge is 0.378 e. The van der Waals surface area contributed by atoms with Crippen molar-refractivity contribution in [3.05, 3.63) is 18.0 Å². The number of nitrogens with zero attached hydrogens (tertiary/aromatic N) is 2. The molecule has 1 spiro atoms. The number of rotatable bonds is 6. The number of nitrogens with one attached hydrogen (secondary N) is 2. The van der Waals surface area contributed by atoms with Gasteiger partial charge < -0.3 is 15.4 Å². The van der Waals surface area contributed by atoms with Crippen molar-refractivity contribution in [2.24, 2.45) is 12.5 Å². The quantitative estimate of drug-likeness (QED) is 0.842. The number of aromatic nitrogens is 2. The molecule has 2 fully saturated rings. The Hall–Kier alpha value is -1.56. The second-order valence-electron chi connectivity index (χ2n) is 6.80. The molecule has 3 rings (SSSR count). The molecule has 2 saturated carbocycles. The summed E-state index contributed by atoms with van der Waals surface area (Å²) in [5.41, 5.74) is 1.19. The summed E-state index contributed by atoms with van der Waals surface area (Å²) in [6, 6.07) is 2.18. The van der Waals surface area contributed by atoms with Gasteiger partial charge in [0, 0.05) is 44.3 Å². The SMILES string of the molecule is CCO[C@H]1C[C@@H](NC(=O)NCCc2ccn(C)n2)C12CCCC2. The molecule has 128 valence electrons. The lowest BCUT2D eigenvalue weighted by atomic mass is 9.60. The maximum absolute atomic E-state index is 12.2. The van der Waals surface area contributed by atoms with Crippen LogP contribution in [0.5, 0.6) is 0 Å². The third kappa shape index (κ3) is 3.37. The van der Waals surface area contributed by atoms with Crippen molar-refractivity contribution in [1.29, 1.82) is 0 Å². The highest BCUT2D eigenvalue weighted by molar-refractivity contribution is 5.74. The van der Waals surface area contributed by atoms with Gasteiger partial charge in [-0.05, 0) is 32.3 Å². The van der Waals surface area contributed by atoms with Gasteiger partial charge >= 0.3 is 6.03 Å². The Bertz CT molecular complexity index is 536. The molecule has 2 N–H and O–H groups in total. The van der Waals surface area contributed by atoms with Crippen LogP contribution in [-0.4, -0.2) is 41.1 Å². The number of carbonyl (C=O) groups excluding carboxylic acids is 1. The van der Waals surface area contributed by atoms with Crippen molar-refractivity contribution in [2.45, 2.75) is 57.6 Å². The van der Waals surface area contributed by atoms with E-state index in [0.29, 0.717) is 12.6 Å². The normalized spacial score (nSPS) is 25.3. The number of urea groups is 1. The van der Waals surface area contributed by atoms with E-state index in [0.717, 1.165) is 25.1 Å². The molecule has 6 heteroatoms. The Morgan fingerprint density at radius 3 is 2.91 bits per heavy atom. The number of hydrogen-bond donors (Lipinski definition) is 2. The number of ether oxygens (including phenoxy) is 1. The van der Waals surface area contributed by atoms with Gasteiger partial charge in [-0.15, -0.1) is 0 Å². The second-order valence-corrected chi connectivity index (χ2v) is 6.80. The van der Waals surface area contributed by atoms with Crippen molar-refractivity contribution in [1.82, 2.24) is 20.4 Å². The van der Waals surface area contributed by atoms with E-state index in [-0.39, 0.29) is 17.5 Å². The number of hydrogen-bond acceptors (Lipinski definition) is 3. The van der Waals surface area contributed by atoms with E-state index in [4.69, 9.17) is 4.74 Å². The first kappa shape index (κ1) is 16.3. The minimum atomic E-state index is -0.0628. The van der Waals surface area contributed by atoms with E-state index in [1.165, 1.54) is 25.7 Å². The molecular formula is C17H28N4O2. The Morgan fingerprint density at radius 1 is 1.48 bits per heavy atom. The average molecular weight is 320 g/mol. The van der Waals surface area contributed by atoms with E-state index in [1.54, 1.807) is 4.68 Å². The molecule has 0 aromatic carbocycles. The molecular weight excluding hydrogens is 292 g/mol. The number of carbonyl (C=O) groups is 1. The second kappa shape index (κ2) is 6.91. The molecule has 0 radical (unpaired) electrons. The molecule has 0 bridgehead atoms. The van der Waals surface area contributed by atoms with E-state index in [2.05, 4.69) is 15.7 Å². The number of aryl methyl sites for hydroxylation is 1. The first-order valence-electron chi connectivity index (χ1n) is 8.78. The summed E-state index contributed by atoms with van der Waals surface area (Å²) in [5, 5.41) is 10.4. The summed E-state index contributed by atoms with van der Waals surface area (Å²) in [7, 11) is 1.90. The molecule has 0 saturated heterocycles. The van der Waals surface area contributed by atoms with Gasteiger partial charge in [0.1, 0.15) is 0 Å². The van der Waals surface area contributed by atoms with Crippen LogP contribution in [0, 0.1) is 5.41 Å². The van der Waals surface area contributed by atoms with Crippen molar-refractivity contribution >= 4 is 6.03 Å². The van der Waals surface area contributed by atoms with Crippen LogP contribution in [0.3, 0.4) is 0 Å². The van der Waals surface area contributed by atoms with Gasteiger partial charge in [-0.25, -0.2) is 4.79 Å². The maximum Gasteiger partial charge on any atom is 0.315 e. The van der Waals surface area contributed by atoms with E-state index >= 15 is 0 Å². The van der Waals surface area contributed by atoms with Crippen LogP contribution < -0.4 is 10.6 Å². The Labute approximate surface area is 138 Å². The molecule has 2 aliphatic carbocycles. The fourth-order valence-electron chi connectivity index (χ4n) is 4.20. The van der Waals surface area contributed by atoms with E-state index < -0.39 is 0 Å². The lowest BCUT2D eigenvalue weighted by molar-refractivity contribution is -0.126. The number of amides is 2. The van der Waals surface area contributed by atoms with Gasteiger partial charge in [0.25, 0.3) is 0 Å². The smallest absolute Gasteiger partial charge is 0.315 e. The van der Waals surface area contributed by atoms with Crippen LogP contribution in [0.2, 0.25) is 0 Å². The zero-order valence-electron chi connectivity index (χ0n) is 14.2. The van der Waals surface area contributed by atoms with Crippen LogP contribution in [0.25, 0.3) is 0 Å². The average Bonchev–Trinajstić information content (AvgIpc) is 3.17. The topological polar surface area (TPSA) is 68.2 Å². The monoisotopic (exact) mass is 320 g/mol. The minimum Gasteiger partial charge on any atom is -0.378 e. The molecule has 2 aliphatic rings. The molecule has 2 atom stereocenters. The first-order chi connectivity index (χ1) is 11.1. The highest BCUT2D eigenvalue weighted by Gasteiger charge is 2.57. The van der Waals surface area contributed by atoms with Crippen LogP contribution >= 0.6 is 0 Å². The lowest BCUT2D eigenvalue weighted by Gasteiger charge is -2.53. The molecule has 2 amide bonds. The summed E-state index contributed by atoms with van der Waals surface area (Å²) in [5.74, 6) is 0. The lowest BCUT2D eigenvalue weighted by Crippen LogP contribution is -2.64. The van der Waals surface area contributed by atoms with E-state index in [9.17, 15) is 4.79 Å². The van der Waals surface area contributed by atoms with Crippen molar-refractivity contribution in [3.8, 4) is 0 Å². The van der Waals surface area contributed by atoms with Crippen LogP contribution in [-0.2, 0) is 18.2 Å². The van der Waals surface area contributed by atoms with Crippen LogP contribution in [0.4, 0.5) is 4.79 Å². The van der Waals surface area contributed by atoms with E-state index in [1.807, 2.05) is 26.2 Å². The summed E-state index contributed by atoms with van der Waals surface area (Å²) in [4.78, 5) is 12.2. The van der Waals surface area contributed by atoms with Gasteiger partial charge in [-0.3, -0.25) is 4.68 Å². The zero-order chi connectivity index (χ0) is 16.3. The van der Waals surface area contributed by atoms with Gasteiger partial charge in [0.15, 0.2) is 0 Å². The molecule has 6 nitrogen and oxygen atoms in total. The molecule has 1 aromatic rings. The highest BCUT2D eigenvalue weighted by Crippen LogP contribution is 2.54. The molecule has 1 heterocycles. The van der Waals surface area contributed by atoms with Crippen LogP contribution in [0.15, 0.2) is 12.3 Å². The third-order valence-corrected chi connectivity index (χ3v) is 5.43. The molecule has 0 unspecified atom stereocenters. The molecule has 1 aromatic heterocycles. The Balaban J connectivity index is 1.44.